The zero-order valence-corrected chi connectivity index (χ0v) is 17.6. The number of piperidine rings is 1. The highest BCUT2D eigenvalue weighted by molar-refractivity contribution is 5.80. The van der Waals surface area contributed by atoms with E-state index in [-0.39, 0.29) is 11.9 Å². The summed E-state index contributed by atoms with van der Waals surface area (Å²) in [5.74, 6) is 1.82. The lowest BCUT2D eigenvalue weighted by Gasteiger charge is -2.33. The Labute approximate surface area is 172 Å². The number of methoxy groups -OCH3 is 1. The van der Waals surface area contributed by atoms with Gasteiger partial charge in [0.05, 0.1) is 19.6 Å². The highest BCUT2D eigenvalue weighted by Crippen LogP contribution is 2.19. The SMILES string of the molecule is CCNC(=NCc1cccc(Cn2ccnc2C)c1)N1CCC(C(=O)OC)CC1. The van der Waals surface area contributed by atoms with Crippen LogP contribution < -0.4 is 5.32 Å². The molecule has 1 aromatic carbocycles. The topological polar surface area (TPSA) is 71.8 Å². The van der Waals surface area contributed by atoms with E-state index in [4.69, 9.17) is 9.73 Å². The number of rotatable bonds is 6. The number of carbonyl (C=O) groups excluding carboxylic acids is 1. The molecular formula is C22H31N5O2. The standard InChI is InChI=1S/C22H31N5O2/c1-4-23-22(26-11-8-20(9-12-26)21(28)29-3)25-15-18-6-5-7-19(14-18)16-27-13-10-24-17(27)2/h5-7,10,13-14,20H,4,8-9,11-12,15-16H2,1-3H3,(H,23,25). The Bertz CT molecular complexity index is 837. The fourth-order valence-electron chi connectivity index (χ4n) is 3.68. The van der Waals surface area contributed by atoms with Gasteiger partial charge in [0.1, 0.15) is 5.82 Å². The lowest BCUT2D eigenvalue weighted by Crippen LogP contribution is -2.46. The van der Waals surface area contributed by atoms with Crippen molar-refractivity contribution in [2.75, 3.05) is 26.7 Å². The minimum atomic E-state index is -0.100. The molecule has 156 valence electrons. The molecule has 0 amide bonds. The normalized spacial score (nSPS) is 15.4. The molecule has 2 aromatic rings. The third kappa shape index (κ3) is 5.59. The summed E-state index contributed by atoms with van der Waals surface area (Å²) in [5.41, 5.74) is 2.42. The molecule has 3 rings (SSSR count). The van der Waals surface area contributed by atoms with Crippen LogP contribution in [0, 0.1) is 12.8 Å². The second kappa shape index (κ2) is 10.1. The van der Waals surface area contributed by atoms with Crippen LogP contribution in [0.25, 0.3) is 0 Å². The minimum absolute atomic E-state index is 0.00226. The molecule has 1 N–H and O–H groups in total. The van der Waals surface area contributed by atoms with Crippen LogP contribution in [0.4, 0.5) is 0 Å². The Balaban J connectivity index is 1.64. The van der Waals surface area contributed by atoms with Crippen molar-refractivity contribution in [2.45, 2.75) is 39.8 Å². The fraction of sp³-hybridized carbons (Fsp3) is 0.500. The number of nitrogens with zero attached hydrogens (tertiary/aromatic N) is 4. The van der Waals surface area contributed by atoms with Gasteiger partial charge in [0, 0.05) is 38.6 Å². The molecule has 2 heterocycles. The lowest BCUT2D eigenvalue weighted by molar-refractivity contribution is -0.146. The molecule has 7 heteroatoms. The fourth-order valence-corrected chi connectivity index (χ4v) is 3.68. The second-order valence-electron chi connectivity index (χ2n) is 7.38. The molecule has 0 atom stereocenters. The molecule has 0 radical (unpaired) electrons. The average molecular weight is 398 g/mol. The average Bonchev–Trinajstić information content (AvgIpc) is 3.15. The van der Waals surface area contributed by atoms with Crippen molar-refractivity contribution in [3.63, 3.8) is 0 Å². The van der Waals surface area contributed by atoms with Gasteiger partial charge in [-0.15, -0.1) is 0 Å². The number of aliphatic imine (C=N–C) groups is 1. The molecule has 0 saturated carbocycles. The number of nitrogens with one attached hydrogen (secondary N) is 1. The summed E-state index contributed by atoms with van der Waals surface area (Å²) in [6.07, 6.45) is 5.44. The first kappa shape index (κ1) is 20.9. The Kier molecular flexibility index (Phi) is 7.27. The third-order valence-electron chi connectivity index (χ3n) is 5.34. The van der Waals surface area contributed by atoms with E-state index in [1.54, 1.807) is 0 Å². The molecule has 1 aliphatic rings. The third-order valence-corrected chi connectivity index (χ3v) is 5.34. The zero-order valence-electron chi connectivity index (χ0n) is 17.6. The van der Waals surface area contributed by atoms with Crippen LogP contribution >= 0.6 is 0 Å². The van der Waals surface area contributed by atoms with Crippen LogP contribution in [0.1, 0.15) is 36.7 Å². The number of hydrogen-bond donors (Lipinski definition) is 1. The second-order valence-corrected chi connectivity index (χ2v) is 7.38. The first-order valence-electron chi connectivity index (χ1n) is 10.3. The Morgan fingerprint density at radius 1 is 1.31 bits per heavy atom. The van der Waals surface area contributed by atoms with E-state index in [1.807, 2.05) is 19.3 Å². The highest BCUT2D eigenvalue weighted by atomic mass is 16.5. The number of benzene rings is 1. The van der Waals surface area contributed by atoms with Gasteiger partial charge in [-0.05, 0) is 37.8 Å². The molecular weight excluding hydrogens is 366 g/mol. The van der Waals surface area contributed by atoms with Crippen molar-refractivity contribution >= 4 is 11.9 Å². The van der Waals surface area contributed by atoms with Gasteiger partial charge in [-0.25, -0.2) is 9.98 Å². The Morgan fingerprint density at radius 2 is 2.07 bits per heavy atom. The molecule has 0 aliphatic carbocycles. The van der Waals surface area contributed by atoms with Crippen molar-refractivity contribution in [1.29, 1.82) is 0 Å². The van der Waals surface area contributed by atoms with E-state index in [0.717, 1.165) is 50.8 Å². The van der Waals surface area contributed by atoms with Gasteiger partial charge < -0.3 is 19.5 Å². The molecule has 1 saturated heterocycles. The number of aryl methyl sites for hydroxylation is 1. The summed E-state index contributed by atoms with van der Waals surface area (Å²) in [5, 5.41) is 3.39. The monoisotopic (exact) mass is 397 g/mol. The number of aromatic nitrogens is 2. The van der Waals surface area contributed by atoms with Crippen molar-refractivity contribution < 1.29 is 9.53 Å². The van der Waals surface area contributed by atoms with Crippen molar-refractivity contribution in [2.24, 2.45) is 10.9 Å². The smallest absolute Gasteiger partial charge is 0.308 e. The van der Waals surface area contributed by atoms with Crippen molar-refractivity contribution in [3.05, 3.63) is 53.6 Å². The predicted molar refractivity (Wildman–Crippen MR) is 114 cm³/mol. The molecule has 29 heavy (non-hydrogen) atoms. The number of imidazole rings is 1. The first-order chi connectivity index (χ1) is 14.1. The Hall–Kier alpha value is -2.83. The van der Waals surface area contributed by atoms with Gasteiger partial charge in [-0.2, -0.15) is 0 Å². The van der Waals surface area contributed by atoms with Crippen LogP contribution in [-0.2, 0) is 22.6 Å². The molecule has 1 aromatic heterocycles. The van der Waals surface area contributed by atoms with Crippen LogP contribution in [-0.4, -0.2) is 53.1 Å². The van der Waals surface area contributed by atoms with Gasteiger partial charge in [0.15, 0.2) is 5.96 Å². The zero-order chi connectivity index (χ0) is 20.6. The Morgan fingerprint density at radius 3 is 2.72 bits per heavy atom. The molecule has 0 bridgehead atoms. The maximum absolute atomic E-state index is 11.8. The molecule has 1 aliphatic heterocycles. The molecule has 0 unspecified atom stereocenters. The van der Waals surface area contributed by atoms with Crippen LogP contribution in [0.3, 0.4) is 0 Å². The number of ether oxygens (including phenoxy) is 1. The number of hydrogen-bond acceptors (Lipinski definition) is 4. The van der Waals surface area contributed by atoms with E-state index in [0.29, 0.717) is 6.54 Å². The summed E-state index contributed by atoms with van der Waals surface area (Å²) in [7, 11) is 1.46. The van der Waals surface area contributed by atoms with E-state index >= 15 is 0 Å². The lowest BCUT2D eigenvalue weighted by atomic mass is 9.97. The van der Waals surface area contributed by atoms with Gasteiger partial charge in [-0.1, -0.05) is 24.3 Å². The van der Waals surface area contributed by atoms with E-state index in [2.05, 4.69) is 51.0 Å². The van der Waals surface area contributed by atoms with E-state index in [9.17, 15) is 4.79 Å². The van der Waals surface area contributed by atoms with Crippen LogP contribution in [0.5, 0.6) is 0 Å². The van der Waals surface area contributed by atoms with E-state index < -0.39 is 0 Å². The van der Waals surface area contributed by atoms with Gasteiger partial charge in [0.2, 0.25) is 0 Å². The predicted octanol–water partition coefficient (Wildman–Crippen LogP) is 2.59. The number of carbonyl (C=O) groups is 1. The maximum Gasteiger partial charge on any atom is 0.308 e. The molecule has 1 fully saturated rings. The largest absolute Gasteiger partial charge is 0.469 e. The maximum atomic E-state index is 11.8. The van der Waals surface area contributed by atoms with E-state index in [1.165, 1.54) is 18.2 Å². The highest BCUT2D eigenvalue weighted by Gasteiger charge is 2.26. The first-order valence-corrected chi connectivity index (χ1v) is 10.3. The number of guanidine groups is 1. The van der Waals surface area contributed by atoms with Gasteiger partial charge in [0.25, 0.3) is 0 Å². The number of esters is 1. The molecule has 7 nitrogen and oxygen atoms in total. The van der Waals surface area contributed by atoms with Gasteiger partial charge >= 0.3 is 5.97 Å². The summed E-state index contributed by atoms with van der Waals surface area (Å²) in [6.45, 7) is 7.96. The molecule has 0 spiro atoms. The van der Waals surface area contributed by atoms with Crippen LogP contribution in [0.15, 0.2) is 41.7 Å². The number of likely N-dealkylation sites (tertiary alicyclic amines) is 1. The quantitative estimate of drug-likeness (QED) is 0.461. The van der Waals surface area contributed by atoms with Crippen molar-refractivity contribution in [1.82, 2.24) is 19.8 Å². The minimum Gasteiger partial charge on any atom is -0.469 e. The van der Waals surface area contributed by atoms with Gasteiger partial charge in [-0.3, -0.25) is 4.79 Å². The summed E-state index contributed by atoms with van der Waals surface area (Å²) in [4.78, 5) is 23.1. The summed E-state index contributed by atoms with van der Waals surface area (Å²) in [6, 6.07) is 8.54. The summed E-state index contributed by atoms with van der Waals surface area (Å²) < 4.78 is 7.02. The van der Waals surface area contributed by atoms with Crippen LogP contribution in [0.2, 0.25) is 0 Å². The van der Waals surface area contributed by atoms with Crippen molar-refractivity contribution in [3.8, 4) is 0 Å². The summed E-state index contributed by atoms with van der Waals surface area (Å²) >= 11 is 0.